The molecule has 1 unspecified atom stereocenters. The van der Waals surface area contributed by atoms with E-state index in [0.29, 0.717) is 16.3 Å². The molecular formula is C16H16N4O6S2. The maximum Gasteiger partial charge on any atom is 0.365 e. The average Bonchev–Trinajstić information content (AvgIpc) is 3.21. The number of hydrogen-bond acceptors (Lipinski definition) is 11. The smallest absolute Gasteiger partial charge is 0.365 e. The number of hydrazone groups is 1. The maximum atomic E-state index is 12.2. The molecule has 2 aliphatic heterocycles. The summed E-state index contributed by atoms with van der Waals surface area (Å²) in [4.78, 5) is 36.9. The molecule has 1 atom stereocenters. The number of carbonyl (C=O) groups is 2. The van der Waals surface area contributed by atoms with Crippen LogP contribution in [0.4, 0.5) is 11.4 Å². The molecule has 1 aromatic carbocycles. The summed E-state index contributed by atoms with van der Waals surface area (Å²) in [5.41, 5.74) is 1.09. The van der Waals surface area contributed by atoms with Crippen molar-refractivity contribution in [1.82, 2.24) is 4.90 Å². The van der Waals surface area contributed by atoms with Crippen molar-refractivity contribution in [3.05, 3.63) is 45.0 Å². The third-order valence-corrected chi connectivity index (χ3v) is 7.25. The fourth-order valence-corrected chi connectivity index (χ4v) is 5.57. The highest BCUT2D eigenvalue weighted by molar-refractivity contribution is 8.28. The van der Waals surface area contributed by atoms with Crippen LogP contribution in [0.3, 0.4) is 0 Å². The number of nitro groups is 1. The van der Waals surface area contributed by atoms with E-state index in [0.717, 1.165) is 11.8 Å². The Hall–Kier alpha value is -2.73. The lowest BCUT2D eigenvalue weighted by atomic mass is 10.3. The van der Waals surface area contributed by atoms with Gasteiger partial charge >= 0.3 is 11.9 Å². The summed E-state index contributed by atoms with van der Waals surface area (Å²) in [6, 6.07) is 5.76. The second-order valence-electron chi connectivity index (χ2n) is 5.70. The SMILES string of the molecule is COC(=O)C1=NN(c2ccc([N+](=O)[O-])cc2)C2(S1)SC(C(=O)OC)=C(C)N2C. The van der Waals surface area contributed by atoms with Gasteiger partial charge in [-0.25, -0.2) is 14.6 Å². The highest BCUT2D eigenvalue weighted by Gasteiger charge is 2.56. The molecule has 1 aromatic rings. The number of nitrogens with zero attached hydrogens (tertiary/aromatic N) is 4. The number of allylic oxidation sites excluding steroid dienone is 1. The van der Waals surface area contributed by atoms with E-state index < -0.39 is 21.2 Å². The van der Waals surface area contributed by atoms with Crippen LogP contribution in [-0.4, -0.2) is 52.4 Å². The summed E-state index contributed by atoms with van der Waals surface area (Å²) < 4.78 is 8.63. The summed E-state index contributed by atoms with van der Waals surface area (Å²) in [6.45, 7) is 1.76. The Kier molecular flexibility index (Phi) is 5.26. The lowest BCUT2D eigenvalue weighted by Crippen LogP contribution is -2.47. The third kappa shape index (κ3) is 3.07. The largest absolute Gasteiger partial charge is 0.465 e. The maximum absolute atomic E-state index is 12.2. The summed E-state index contributed by atoms with van der Waals surface area (Å²) in [5, 5.41) is 16.9. The van der Waals surface area contributed by atoms with Gasteiger partial charge in [-0.05, 0) is 30.8 Å². The van der Waals surface area contributed by atoms with E-state index in [9.17, 15) is 19.7 Å². The average molecular weight is 424 g/mol. The van der Waals surface area contributed by atoms with Gasteiger partial charge in [0.25, 0.3) is 5.69 Å². The minimum atomic E-state index is -1.02. The molecule has 2 aliphatic rings. The van der Waals surface area contributed by atoms with E-state index in [1.165, 1.54) is 55.3 Å². The number of hydrogen-bond donors (Lipinski definition) is 0. The number of rotatable bonds is 4. The molecule has 0 radical (unpaired) electrons. The monoisotopic (exact) mass is 424 g/mol. The molecule has 0 aromatic heterocycles. The van der Waals surface area contributed by atoms with E-state index in [1.807, 2.05) is 0 Å². The molecule has 0 N–H and O–H groups in total. The first kappa shape index (κ1) is 20.0. The minimum absolute atomic E-state index is 0.0706. The predicted octanol–water partition coefficient (Wildman–Crippen LogP) is 2.33. The van der Waals surface area contributed by atoms with Gasteiger partial charge in [0, 0.05) is 24.9 Å². The first-order valence-corrected chi connectivity index (χ1v) is 9.51. The van der Waals surface area contributed by atoms with Crippen molar-refractivity contribution in [3.8, 4) is 0 Å². The molecule has 28 heavy (non-hydrogen) atoms. The van der Waals surface area contributed by atoms with Crippen LogP contribution in [0.1, 0.15) is 6.92 Å². The topological polar surface area (TPSA) is 115 Å². The van der Waals surface area contributed by atoms with E-state index in [-0.39, 0.29) is 10.7 Å². The standard InChI is InChI=1S/C16H16N4O6S2/c1-9-12(14(21)25-3)27-16(18(9)2)19(17-13(28-16)15(22)26-4)10-5-7-11(8-6-10)20(23)24/h5-8H,1-4H3. The van der Waals surface area contributed by atoms with Gasteiger partial charge in [0.2, 0.25) is 9.37 Å². The number of non-ortho nitro benzene ring substituents is 1. The number of methoxy groups -OCH3 is 2. The van der Waals surface area contributed by atoms with E-state index in [2.05, 4.69) is 5.10 Å². The molecular weight excluding hydrogens is 408 g/mol. The van der Waals surface area contributed by atoms with E-state index in [4.69, 9.17) is 9.47 Å². The third-order valence-electron chi connectivity index (χ3n) is 4.21. The van der Waals surface area contributed by atoms with Crippen LogP contribution in [0.2, 0.25) is 0 Å². The van der Waals surface area contributed by atoms with E-state index in [1.54, 1.807) is 18.9 Å². The summed E-state index contributed by atoms with van der Waals surface area (Å²) >= 11 is 2.30. The fraction of sp³-hybridized carbons (Fsp3) is 0.312. The number of benzene rings is 1. The molecule has 0 amide bonds. The molecule has 3 rings (SSSR count). The van der Waals surface area contributed by atoms with Gasteiger partial charge in [-0.15, -0.1) is 0 Å². The quantitative estimate of drug-likeness (QED) is 0.405. The molecule has 0 saturated heterocycles. The first-order chi connectivity index (χ1) is 13.2. The van der Waals surface area contributed by atoms with Gasteiger partial charge in [0.15, 0.2) is 0 Å². The normalized spacial score (nSPS) is 21.2. The Morgan fingerprint density at radius 1 is 1.14 bits per heavy atom. The van der Waals surface area contributed by atoms with Crippen LogP contribution >= 0.6 is 23.5 Å². The number of thioether (sulfide) groups is 2. The molecule has 148 valence electrons. The van der Waals surface area contributed by atoms with Gasteiger partial charge in [-0.3, -0.25) is 10.1 Å². The van der Waals surface area contributed by atoms with Crippen LogP contribution in [0.25, 0.3) is 0 Å². The Morgan fingerprint density at radius 3 is 2.29 bits per heavy atom. The number of nitro benzene ring substituents is 1. The lowest BCUT2D eigenvalue weighted by molar-refractivity contribution is -0.384. The second kappa shape index (κ2) is 7.36. The van der Waals surface area contributed by atoms with Crippen molar-refractivity contribution in [2.45, 2.75) is 11.3 Å². The first-order valence-electron chi connectivity index (χ1n) is 7.87. The number of carbonyl (C=O) groups excluding carboxylic acids is 2. The lowest BCUT2D eigenvalue weighted by Gasteiger charge is -2.39. The van der Waals surface area contributed by atoms with Crippen molar-refractivity contribution in [3.63, 3.8) is 0 Å². The molecule has 0 aliphatic carbocycles. The van der Waals surface area contributed by atoms with Gasteiger partial charge < -0.3 is 14.4 Å². The van der Waals surface area contributed by atoms with Crippen LogP contribution in [0.15, 0.2) is 40.0 Å². The Morgan fingerprint density at radius 2 is 1.75 bits per heavy atom. The summed E-state index contributed by atoms with van der Waals surface area (Å²) in [7, 11) is 4.31. The zero-order valence-corrected chi connectivity index (χ0v) is 17.0. The summed E-state index contributed by atoms with van der Waals surface area (Å²) in [6.07, 6.45) is 0. The molecule has 0 fully saturated rings. The minimum Gasteiger partial charge on any atom is -0.465 e. The Bertz CT molecular complexity index is 916. The highest BCUT2D eigenvalue weighted by Crippen LogP contribution is 2.58. The van der Waals surface area contributed by atoms with Crippen molar-refractivity contribution in [2.75, 3.05) is 26.3 Å². The molecule has 0 saturated carbocycles. The molecule has 0 bridgehead atoms. The van der Waals surface area contributed by atoms with Gasteiger partial charge in [0.1, 0.15) is 4.91 Å². The van der Waals surface area contributed by atoms with Crippen LogP contribution < -0.4 is 5.01 Å². The van der Waals surface area contributed by atoms with Crippen LogP contribution in [0, 0.1) is 10.1 Å². The highest BCUT2D eigenvalue weighted by atomic mass is 32.2. The Labute approximate surface area is 168 Å². The molecule has 2 heterocycles. The molecule has 10 nitrogen and oxygen atoms in total. The van der Waals surface area contributed by atoms with Crippen molar-refractivity contribution in [2.24, 2.45) is 5.10 Å². The van der Waals surface area contributed by atoms with Crippen molar-refractivity contribution >= 4 is 51.9 Å². The van der Waals surface area contributed by atoms with Crippen molar-refractivity contribution < 1.29 is 24.0 Å². The van der Waals surface area contributed by atoms with Gasteiger partial charge in [0.05, 0.1) is 24.8 Å². The van der Waals surface area contributed by atoms with Crippen LogP contribution in [-0.2, 0) is 19.1 Å². The zero-order valence-electron chi connectivity index (χ0n) is 15.4. The molecule has 12 heteroatoms. The van der Waals surface area contributed by atoms with Gasteiger partial charge in [-0.2, -0.15) is 5.10 Å². The van der Waals surface area contributed by atoms with Crippen molar-refractivity contribution in [1.29, 1.82) is 0 Å². The summed E-state index contributed by atoms with van der Waals surface area (Å²) in [5.74, 6) is -1.12. The van der Waals surface area contributed by atoms with Crippen LogP contribution in [0.5, 0.6) is 0 Å². The molecule has 1 spiro atoms. The number of anilines is 1. The number of esters is 2. The Balaban J connectivity index is 2.06. The predicted molar refractivity (Wildman–Crippen MR) is 105 cm³/mol. The zero-order chi connectivity index (χ0) is 20.6. The number of ether oxygens (including phenoxy) is 2. The fourth-order valence-electron chi connectivity index (χ4n) is 2.65. The second-order valence-corrected chi connectivity index (χ2v) is 8.30. The van der Waals surface area contributed by atoms with E-state index >= 15 is 0 Å². The van der Waals surface area contributed by atoms with Gasteiger partial charge in [-0.1, -0.05) is 11.8 Å².